The Bertz CT molecular complexity index is 626. The van der Waals surface area contributed by atoms with Gasteiger partial charge in [0.1, 0.15) is 0 Å². The highest BCUT2D eigenvalue weighted by molar-refractivity contribution is 5.35. The van der Waals surface area contributed by atoms with Gasteiger partial charge in [-0.05, 0) is 24.5 Å². The molecular weight excluding hydrogens is 268 g/mol. The van der Waals surface area contributed by atoms with Crippen molar-refractivity contribution in [1.82, 2.24) is 0 Å². The van der Waals surface area contributed by atoms with E-state index in [1.165, 1.54) is 0 Å². The van der Waals surface area contributed by atoms with Crippen molar-refractivity contribution in [2.45, 2.75) is 37.1 Å². The average molecular weight is 287 g/mol. The van der Waals surface area contributed by atoms with Crippen molar-refractivity contribution in [2.24, 2.45) is 5.73 Å². The van der Waals surface area contributed by atoms with Gasteiger partial charge in [-0.3, -0.25) is 0 Å². The van der Waals surface area contributed by atoms with Crippen LogP contribution in [0.1, 0.15) is 42.7 Å². The van der Waals surface area contributed by atoms with E-state index < -0.39 is 17.2 Å². The molecule has 0 aliphatic heterocycles. The maximum atomic E-state index is 14.3. The van der Waals surface area contributed by atoms with Gasteiger partial charge < -0.3 is 5.73 Å². The van der Waals surface area contributed by atoms with Crippen LogP contribution in [-0.4, -0.2) is 0 Å². The molecule has 0 heterocycles. The third kappa shape index (κ3) is 2.46. The van der Waals surface area contributed by atoms with E-state index in [1.807, 2.05) is 30.3 Å². The van der Waals surface area contributed by atoms with Crippen molar-refractivity contribution in [3.8, 4) is 0 Å². The van der Waals surface area contributed by atoms with Crippen LogP contribution in [0.25, 0.3) is 0 Å². The Kier molecular flexibility index (Phi) is 3.77. The van der Waals surface area contributed by atoms with Gasteiger partial charge in [-0.25, -0.2) is 8.78 Å². The van der Waals surface area contributed by atoms with Gasteiger partial charge in [0, 0.05) is 11.5 Å². The molecule has 0 spiro atoms. The van der Waals surface area contributed by atoms with Crippen molar-refractivity contribution >= 4 is 0 Å². The van der Waals surface area contributed by atoms with Crippen molar-refractivity contribution in [3.05, 3.63) is 71.3 Å². The first kappa shape index (κ1) is 14.2. The molecule has 1 fully saturated rings. The largest absolute Gasteiger partial charge is 0.321 e. The highest BCUT2D eigenvalue weighted by Crippen LogP contribution is 2.46. The number of halogens is 2. The quantitative estimate of drug-likeness (QED) is 0.866. The fraction of sp³-hybridized carbons (Fsp3) is 0.333. The number of benzene rings is 2. The minimum Gasteiger partial charge on any atom is -0.321 e. The van der Waals surface area contributed by atoms with E-state index in [2.05, 4.69) is 0 Å². The molecule has 0 bridgehead atoms. The molecule has 0 radical (unpaired) electrons. The molecule has 1 aliphatic rings. The van der Waals surface area contributed by atoms with Crippen molar-refractivity contribution in [3.63, 3.8) is 0 Å². The Morgan fingerprint density at radius 1 is 0.952 bits per heavy atom. The predicted molar refractivity (Wildman–Crippen MR) is 79.9 cm³/mol. The van der Waals surface area contributed by atoms with Gasteiger partial charge in [-0.2, -0.15) is 0 Å². The number of hydrogen-bond acceptors (Lipinski definition) is 1. The van der Waals surface area contributed by atoms with Crippen molar-refractivity contribution < 1.29 is 8.78 Å². The standard InChI is InChI=1S/C18H19F2N/c19-16-11-6-10-15(17(16)20)18(21)12-5-4-9-14(18)13-7-2-1-3-8-13/h1-3,6-8,10-11,14H,4-5,9,12,21H2. The Morgan fingerprint density at radius 2 is 1.71 bits per heavy atom. The summed E-state index contributed by atoms with van der Waals surface area (Å²) in [4.78, 5) is 0. The zero-order valence-electron chi connectivity index (χ0n) is 11.9. The van der Waals surface area contributed by atoms with Gasteiger partial charge in [0.05, 0.1) is 5.54 Å². The average Bonchev–Trinajstić information content (AvgIpc) is 2.51. The first-order chi connectivity index (χ1) is 10.1. The summed E-state index contributed by atoms with van der Waals surface area (Å²) in [5, 5.41) is 0. The third-order valence-corrected chi connectivity index (χ3v) is 4.61. The van der Waals surface area contributed by atoms with Crippen LogP contribution in [0.4, 0.5) is 8.78 Å². The van der Waals surface area contributed by atoms with Gasteiger partial charge >= 0.3 is 0 Å². The molecule has 0 saturated heterocycles. The second-order valence-corrected chi connectivity index (χ2v) is 5.85. The van der Waals surface area contributed by atoms with E-state index in [4.69, 9.17) is 5.73 Å². The second kappa shape index (κ2) is 5.57. The summed E-state index contributed by atoms with van der Waals surface area (Å²) in [5.74, 6) is -1.61. The van der Waals surface area contributed by atoms with Crippen molar-refractivity contribution in [2.75, 3.05) is 0 Å². The third-order valence-electron chi connectivity index (χ3n) is 4.61. The normalized spacial score (nSPS) is 25.8. The van der Waals surface area contributed by atoms with E-state index in [1.54, 1.807) is 12.1 Å². The lowest BCUT2D eigenvalue weighted by molar-refractivity contribution is 0.245. The first-order valence-electron chi connectivity index (χ1n) is 7.41. The van der Waals surface area contributed by atoms with Crippen LogP contribution in [0.3, 0.4) is 0 Å². The molecule has 2 atom stereocenters. The summed E-state index contributed by atoms with van der Waals surface area (Å²) >= 11 is 0. The molecule has 1 aliphatic carbocycles. The molecule has 3 heteroatoms. The molecule has 3 rings (SSSR count). The summed E-state index contributed by atoms with van der Waals surface area (Å²) < 4.78 is 27.9. The molecule has 1 nitrogen and oxygen atoms in total. The SMILES string of the molecule is NC1(c2cccc(F)c2F)CCCCC1c1ccccc1. The maximum Gasteiger partial charge on any atom is 0.163 e. The molecule has 0 amide bonds. The minimum absolute atomic E-state index is 0.0174. The molecule has 1 saturated carbocycles. The molecule has 21 heavy (non-hydrogen) atoms. The smallest absolute Gasteiger partial charge is 0.163 e. The summed E-state index contributed by atoms with van der Waals surface area (Å²) in [6.07, 6.45) is 3.58. The molecule has 2 N–H and O–H groups in total. The van der Waals surface area contributed by atoms with Crippen LogP contribution in [0, 0.1) is 11.6 Å². The Labute approximate surface area is 123 Å². The Balaban J connectivity index is 2.09. The monoisotopic (exact) mass is 287 g/mol. The lowest BCUT2D eigenvalue weighted by Gasteiger charge is -2.42. The summed E-state index contributed by atoms with van der Waals surface area (Å²) in [6.45, 7) is 0. The van der Waals surface area contributed by atoms with Crippen molar-refractivity contribution in [1.29, 1.82) is 0 Å². The Hall–Kier alpha value is -1.74. The van der Waals surface area contributed by atoms with E-state index in [-0.39, 0.29) is 5.92 Å². The molecule has 2 aromatic carbocycles. The van der Waals surface area contributed by atoms with Gasteiger partial charge in [0.25, 0.3) is 0 Å². The van der Waals surface area contributed by atoms with Gasteiger partial charge in [-0.1, -0.05) is 55.3 Å². The maximum absolute atomic E-state index is 14.3. The fourth-order valence-electron chi connectivity index (χ4n) is 3.53. The summed E-state index contributed by atoms with van der Waals surface area (Å²) in [5.41, 5.74) is 7.18. The number of hydrogen-bond donors (Lipinski definition) is 1. The Morgan fingerprint density at radius 3 is 2.48 bits per heavy atom. The molecule has 0 aromatic heterocycles. The lowest BCUT2D eigenvalue weighted by Crippen LogP contribution is -2.45. The van der Waals surface area contributed by atoms with Crippen LogP contribution in [0.15, 0.2) is 48.5 Å². The molecule has 2 aromatic rings. The minimum atomic E-state index is -0.841. The second-order valence-electron chi connectivity index (χ2n) is 5.85. The van der Waals surface area contributed by atoms with Crippen LogP contribution < -0.4 is 5.73 Å². The highest BCUT2D eigenvalue weighted by Gasteiger charge is 2.41. The van der Waals surface area contributed by atoms with Gasteiger partial charge in [0.2, 0.25) is 0 Å². The highest BCUT2D eigenvalue weighted by atomic mass is 19.2. The lowest BCUT2D eigenvalue weighted by atomic mass is 9.67. The zero-order chi connectivity index (χ0) is 14.9. The molecular formula is C18H19F2N. The topological polar surface area (TPSA) is 26.0 Å². The van der Waals surface area contributed by atoms with Crippen LogP contribution >= 0.6 is 0 Å². The fourth-order valence-corrected chi connectivity index (χ4v) is 3.53. The van der Waals surface area contributed by atoms with Gasteiger partial charge in [0.15, 0.2) is 11.6 Å². The van der Waals surface area contributed by atoms with Crippen LogP contribution in [-0.2, 0) is 5.54 Å². The summed E-state index contributed by atoms with van der Waals surface area (Å²) in [7, 11) is 0. The van der Waals surface area contributed by atoms with Crippen LogP contribution in [0.5, 0.6) is 0 Å². The van der Waals surface area contributed by atoms with Gasteiger partial charge in [-0.15, -0.1) is 0 Å². The van der Waals surface area contributed by atoms with E-state index in [0.29, 0.717) is 12.0 Å². The summed E-state index contributed by atoms with van der Waals surface area (Å²) in [6, 6.07) is 14.2. The molecule has 2 unspecified atom stereocenters. The van der Waals surface area contributed by atoms with Crippen LogP contribution in [0.2, 0.25) is 0 Å². The zero-order valence-corrected chi connectivity index (χ0v) is 11.9. The first-order valence-corrected chi connectivity index (χ1v) is 7.41. The molecule has 110 valence electrons. The number of rotatable bonds is 2. The van der Waals surface area contributed by atoms with E-state index in [9.17, 15) is 8.78 Å². The van der Waals surface area contributed by atoms with E-state index >= 15 is 0 Å². The predicted octanol–water partition coefficient (Wildman–Crippen LogP) is 4.48. The van der Waals surface area contributed by atoms with E-state index in [0.717, 1.165) is 30.9 Å². The number of nitrogens with two attached hydrogens (primary N) is 1.